The first kappa shape index (κ1) is 12.1. The van der Waals surface area contributed by atoms with E-state index in [1.54, 1.807) is 6.20 Å². The number of nitrogens with zero attached hydrogens (tertiary/aromatic N) is 1. The van der Waals surface area contributed by atoms with Crippen molar-refractivity contribution < 1.29 is 13.9 Å². The number of aryl methyl sites for hydroxylation is 1. The summed E-state index contributed by atoms with van der Waals surface area (Å²) >= 11 is 0. The molecule has 1 amide bonds. The van der Waals surface area contributed by atoms with E-state index in [0.717, 1.165) is 5.76 Å². The topological polar surface area (TPSA) is 76.4 Å². The number of aromatic nitrogens is 1. The fourth-order valence-corrected chi connectivity index (χ4v) is 1.87. The Hall–Kier alpha value is -1.40. The fourth-order valence-electron chi connectivity index (χ4n) is 1.87. The zero-order valence-electron chi connectivity index (χ0n) is 10.0. The van der Waals surface area contributed by atoms with Crippen molar-refractivity contribution in [2.45, 2.75) is 19.5 Å². The van der Waals surface area contributed by atoms with Gasteiger partial charge in [0, 0.05) is 6.04 Å². The Morgan fingerprint density at radius 1 is 1.59 bits per heavy atom. The zero-order chi connectivity index (χ0) is 12.3. The molecule has 2 N–H and O–H groups in total. The highest BCUT2D eigenvalue weighted by Gasteiger charge is 2.32. The normalized spacial score (nSPS) is 23.9. The van der Waals surface area contributed by atoms with Gasteiger partial charge in [-0.1, -0.05) is 0 Å². The first-order valence-corrected chi connectivity index (χ1v) is 5.64. The van der Waals surface area contributed by atoms with Crippen LogP contribution in [0.4, 0.5) is 0 Å². The second-order valence-corrected chi connectivity index (χ2v) is 4.12. The molecule has 1 saturated heterocycles. The second kappa shape index (κ2) is 5.29. The van der Waals surface area contributed by atoms with Gasteiger partial charge in [-0.15, -0.1) is 0 Å². The van der Waals surface area contributed by atoms with Crippen LogP contribution in [0.15, 0.2) is 10.6 Å². The number of nitrogens with one attached hydrogen (secondary N) is 2. The van der Waals surface area contributed by atoms with E-state index in [4.69, 9.17) is 9.15 Å². The minimum absolute atomic E-state index is 0.0299. The van der Waals surface area contributed by atoms with Crippen LogP contribution in [0.3, 0.4) is 0 Å². The van der Waals surface area contributed by atoms with Crippen LogP contribution < -0.4 is 10.6 Å². The molecule has 1 fully saturated rings. The van der Waals surface area contributed by atoms with Crippen LogP contribution in [0, 0.1) is 12.8 Å². The van der Waals surface area contributed by atoms with Crippen LogP contribution in [-0.2, 0) is 16.1 Å². The third-order valence-electron chi connectivity index (χ3n) is 2.87. The number of hydrogen-bond donors (Lipinski definition) is 2. The number of rotatable bonds is 4. The van der Waals surface area contributed by atoms with E-state index in [9.17, 15) is 4.79 Å². The van der Waals surface area contributed by atoms with E-state index in [0.29, 0.717) is 25.6 Å². The molecule has 0 spiro atoms. The quantitative estimate of drug-likeness (QED) is 0.763. The molecule has 17 heavy (non-hydrogen) atoms. The number of oxazole rings is 1. The summed E-state index contributed by atoms with van der Waals surface area (Å²) in [6.07, 6.45) is 1.64. The van der Waals surface area contributed by atoms with Gasteiger partial charge in [-0.05, 0) is 14.0 Å². The Morgan fingerprint density at radius 3 is 3.06 bits per heavy atom. The highest BCUT2D eigenvalue weighted by atomic mass is 16.5. The van der Waals surface area contributed by atoms with Crippen molar-refractivity contribution >= 4 is 5.91 Å². The molecule has 2 unspecified atom stereocenters. The molecule has 2 heterocycles. The molecule has 1 aliphatic heterocycles. The molecule has 1 aromatic rings. The zero-order valence-corrected chi connectivity index (χ0v) is 10.0. The Labute approximate surface area is 99.7 Å². The summed E-state index contributed by atoms with van der Waals surface area (Å²) in [6, 6.07) is 0.0845. The summed E-state index contributed by atoms with van der Waals surface area (Å²) in [5, 5.41) is 5.88. The van der Waals surface area contributed by atoms with Crippen LogP contribution >= 0.6 is 0 Å². The lowest BCUT2D eigenvalue weighted by molar-refractivity contribution is -0.125. The summed E-state index contributed by atoms with van der Waals surface area (Å²) < 4.78 is 10.6. The van der Waals surface area contributed by atoms with Crippen LogP contribution in [0.1, 0.15) is 11.7 Å². The predicted octanol–water partition coefficient (Wildman–Crippen LogP) is -0.166. The summed E-state index contributed by atoms with van der Waals surface area (Å²) in [7, 11) is 1.83. The molecule has 2 atom stereocenters. The molecule has 0 aliphatic carbocycles. The average Bonchev–Trinajstić information content (AvgIpc) is 2.94. The minimum atomic E-state index is -0.143. The van der Waals surface area contributed by atoms with Gasteiger partial charge < -0.3 is 19.8 Å². The van der Waals surface area contributed by atoms with Crippen molar-refractivity contribution in [1.29, 1.82) is 0 Å². The van der Waals surface area contributed by atoms with Gasteiger partial charge in [-0.3, -0.25) is 4.79 Å². The Balaban J connectivity index is 1.84. The lowest BCUT2D eigenvalue weighted by Crippen LogP contribution is -2.42. The summed E-state index contributed by atoms with van der Waals surface area (Å²) in [4.78, 5) is 15.9. The van der Waals surface area contributed by atoms with Gasteiger partial charge in [0.25, 0.3) is 0 Å². The molecule has 6 nitrogen and oxygen atoms in total. The number of carbonyl (C=O) groups excluding carboxylic acids is 1. The van der Waals surface area contributed by atoms with E-state index in [1.165, 1.54) is 0 Å². The van der Waals surface area contributed by atoms with Gasteiger partial charge in [0.15, 0.2) is 0 Å². The highest BCUT2D eigenvalue weighted by molar-refractivity contribution is 5.79. The Bertz CT molecular complexity index is 391. The van der Waals surface area contributed by atoms with Crippen LogP contribution in [0.5, 0.6) is 0 Å². The monoisotopic (exact) mass is 239 g/mol. The van der Waals surface area contributed by atoms with E-state index in [-0.39, 0.29) is 17.9 Å². The van der Waals surface area contributed by atoms with Crippen molar-refractivity contribution in [2.24, 2.45) is 5.92 Å². The maximum Gasteiger partial charge on any atom is 0.227 e. The van der Waals surface area contributed by atoms with Gasteiger partial charge in [0.1, 0.15) is 5.76 Å². The van der Waals surface area contributed by atoms with Crippen molar-refractivity contribution in [3.8, 4) is 0 Å². The molecule has 6 heteroatoms. The van der Waals surface area contributed by atoms with Crippen molar-refractivity contribution in [1.82, 2.24) is 15.6 Å². The number of hydrogen-bond acceptors (Lipinski definition) is 5. The predicted molar refractivity (Wildman–Crippen MR) is 60.2 cm³/mol. The number of ether oxygens (including phenoxy) is 1. The minimum Gasteiger partial charge on any atom is -0.444 e. The van der Waals surface area contributed by atoms with Gasteiger partial charge in [0.2, 0.25) is 11.8 Å². The Morgan fingerprint density at radius 2 is 2.41 bits per heavy atom. The third-order valence-corrected chi connectivity index (χ3v) is 2.87. The number of carbonyl (C=O) groups is 1. The van der Waals surface area contributed by atoms with Crippen LogP contribution in [0.25, 0.3) is 0 Å². The first-order chi connectivity index (χ1) is 8.20. The maximum absolute atomic E-state index is 11.9. The van der Waals surface area contributed by atoms with Gasteiger partial charge in [-0.2, -0.15) is 0 Å². The van der Waals surface area contributed by atoms with Crippen LogP contribution in [0.2, 0.25) is 0 Å². The first-order valence-electron chi connectivity index (χ1n) is 5.64. The molecule has 0 aromatic carbocycles. The molecule has 1 aliphatic rings. The SMILES string of the molecule is CNC1COCC1C(=O)NCc1ncc(C)o1. The summed E-state index contributed by atoms with van der Waals surface area (Å²) in [6.45, 7) is 3.18. The Kier molecular flexibility index (Phi) is 3.75. The second-order valence-electron chi connectivity index (χ2n) is 4.12. The smallest absolute Gasteiger partial charge is 0.227 e. The fraction of sp³-hybridized carbons (Fsp3) is 0.636. The molecular weight excluding hydrogens is 222 g/mol. The van der Waals surface area contributed by atoms with Crippen molar-refractivity contribution in [2.75, 3.05) is 20.3 Å². The van der Waals surface area contributed by atoms with Crippen molar-refractivity contribution in [3.63, 3.8) is 0 Å². The van der Waals surface area contributed by atoms with Crippen molar-refractivity contribution in [3.05, 3.63) is 17.8 Å². The number of amides is 1. The highest BCUT2D eigenvalue weighted by Crippen LogP contribution is 2.13. The summed E-state index contributed by atoms with van der Waals surface area (Å²) in [5.74, 6) is 1.09. The van der Waals surface area contributed by atoms with Gasteiger partial charge in [0.05, 0.1) is 31.9 Å². The van der Waals surface area contributed by atoms with Gasteiger partial charge >= 0.3 is 0 Å². The molecular formula is C11H17N3O3. The van der Waals surface area contributed by atoms with E-state index >= 15 is 0 Å². The molecule has 94 valence electrons. The lowest BCUT2D eigenvalue weighted by atomic mass is 10.0. The molecule has 0 radical (unpaired) electrons. The van der Waals surface area contributed by atoms with E-state index in [2.05, 4.69) is 15.6 Å². The maximum atomic E-state index is 11.9. The molecule has 1 aromatic heterocycles. The molecule has 2 rings (SSSR count). The lowest BCUT2D eigenvalue weighted by Gasteiger charge is -2.15. The van der Waals surface area contributed by atoms with E-state index in [1.807, 2.05) is 14.0 Å². The van der Waals surface area contributed by atoms with E-state index < -0.39 is 0 Å². The summed E-state index contributed by atoms with van der Waals surface area (Å²) in [5.41, 5.74) is 0. The number of likely N-dealkylation sites (N-methyl/N-ethyl adjacent to an activating group) is 1. The molecule has 0 saturated carbocycles. The van der Waals surface area contributed by atoms with Gasteiger partial charge in [-0.25, -0.2) is 4.98 Å². The largest absolute Gasteiger partial charge is 0.444 e. The average molecular weight is 239 g/mol. The standard InChI is InChI=1S/C11H17N3O3/c1-7-3-13-10(17-7)4-14-11(15)8-5-16-6-9(8)12-2/h3,8-9,12H,4-6H2,1-2H3,(H,14,15). The third kappa shape index (κ3) is 2.83. The molecule has 0 bridgehead atoms. The van der Waals surface area contributed by atoms with Crippen LogP contribution in [-0.4, -0.2) is 37.2 Å².